The van der Waals surface area contributed by atoms with Crippen molar-refractivity contribution in [3.63, 3.8) is 0 Å². The lowest BCUT2D eigenvalue weighted by Gasteiger charge is -2.01. The second-order valence-corrected chi connectivity index (χ2v) is 3.47. The van der Waals surface area contributed by atoms with Crippen LogP contribution in [-0.4, -0.2) is 4.57 Å². The van der Waals surface area contributed by atoms with E-state index in [1.807, 2.05) is 18.5 Å². The summed E-state index contributed by atoms with van der Waals surface area (Å²) in [5.41, 5.74) is 3.30. The van der Waals surface area contributed by atoms with Crippen LogP contribution in [0, 0.1) is 13.8 Å². The van der Waals surface area contributed by atoms with Gasteiger partial charge in [-0.1, -0.05) is 30.3 Å². The van der Waals surface area contributed by atoms with Crippen LogP contribution in [0.3, 0.4) is 0 Å². The van der Waals surface area contributed by atoms with Gasteiger partial charge in [0.05, 0.1) is 0 Å². The Bertz CT molecular complexity index is 393. The van der Waals surface area contributed by atoms with Crippen LogP contribution in [-0.2, 0) is 6.54 Å². The molecule has 1 heterocycles. The van der Waals surface area contributed by atoms with Gasteiger partial charge in [-0.15, -0.1) is 0 Å². The number of hydrogen-bond acceptors (Lipinski definition) is 0. The lowest BCUT2D eigenvalue weighted by molar-refractivity contribution is 0.804. The van der Waals surface area contributed by atoms with Gasteiger partial charge in [-0.05, 0) is 30.5 Å². The molecule has 1 nitrogen and oxygen atoms in total. The van der Waals surface area contributed by atoms with Gasteiger partial charge in [0.1, 0.15) is 0 Å². The molecule has 0 saturated heterocycles. The summed E-state index contributed by atoms with van der Waals surface area (Å²) < 4.78 is 2.11. The number of nitrogens with zero attached hydrogens (tertiary/aromatic N) is 1. The molecule has 0 aliphatic rings. The quantitative estimate of drug-likeness (QED) is 0.674. The molecule has 14 heavy (non-hydrogen) atoms. The first-order valence-electron chi connectivity index (χ1n) is 4.63. The fourth-order valence-electron chi connectivity index (χ4n) is 1.49. The number of hydrogen-bond donors (Lipinski definition) is 0. The van der Waals surface area contributed by atoms with Crippen molar-refractivity contribution in [3.8, 4) is 0 Å². The van der Waals surface area contributed by atoms with Crippen molar-refractivity contribution >= 4 is 0 Å². The molecule has 0 saturated carbocycles. The van der Waals surface area contributed by atoms with E-state index >= 15 is 0 Å². The molecule has 0 N–H and O–H groups in total. The molecule has 0 bridgehead atoms. The largest absolute Gasteiger partial charge is 0.349 e. The van der Waals surface area contributed by atoms with E-state index in [1.165, 1.54) is 5.56 Å². The highest BCUT2D eigenvalue weighted by Crippen LogP contribution is 2.09. The van der Waals surface area contributed by atoms with Gasteiger partial charge in [0, 0.05) is 18.9 Å². The van der Waals surface area contributed by atoms with E-state index in [0.717, 1.165) is 17.7 Å². The molecule has 0 atom stereocenters. The minimum atomic E-state index is 0.888. The van der Waals surface area contributed by atoms with Gasteiger partial charge in [0.15, 0.2) is 0 Å². The lowest BCUT2D eigenvalue weighted by Crippen LogP contribution is -1.95. The zero-order valence-corrected chi connectivity index (χ0v) is 8.11. The molecule has 1 aromatic carbocycles. The van der Waals surface area contributed by atoms with E-state index in [4.69, 9.17) is 0 Å². The van der Waals surface area contributed by atoms with E-state index in [0.29, 0.717) is 0 Å². The van der Waals surface area contributed by atoms with Crippen LogP contribution in [0.5, 0.6) is 0 Å². The third-order valence-electron chi connectivity index (χ3n) is 2.26. The Morgan fingerprint density at radius 1 is 0.929 bits per heavy atom. The monoisotopic (exact) mass is 183 g/mol. The second kappa shape index (κ2) is 3.70. The highest BCUT2D eigenvalue weighted by molar-refractivity contribution is 5.30. The molecule has 0 amide bonds. The summed E-state index contributed by atoms with van der Waals surface area (Å²) in [5, 5.41) is 0. The molecule has 2 radical (unpaired) electrons. The molecule has 0 spiro atoms. The molecule has 0 unspecified atom stereocenters. The Morgan fingerprint density at radius 2 is 1.50 bits per heavy atom. The van der Waals surface area contributed by atoms with Gasteiger partial charge in [0.25, 0.3) is 0 Å². The first-order chi connectivity index (χ1) is 6.75. The first-order valence-corrected chi connectivity index (χ1v) is 4.63. The maximum atomic E-state index is 3.90. The Kier molecular flexibility index (Phi) is 2.40. The van der Waals surface area contributed by atoms with Crippen molar-refractivity contribution in [2.45, 2.75) is 6.54 Å². The highest BCUT2D eigenvalue weighted by atomic mass is 14.9. The Labute approximate surface area is 85.0 Å². The molecule has 0 fully saturated rings. The third kappa shape index (κ3) is 1.87. The van der Waals surface area contributed by atoms with Crippen LogP contribution >= 0.6 is 0 Å². The number of aromatic nitrogens is 1. The van der Waals surface area contributed by atoms with Crippen LogP contribution < -0.4 is 0 Å². The number of rotatable bonds is 2. The van der Waals surface area contributed by atoms with Gasteiger partial charge in [-0.2, -0.15) is 0 Å². The molecule has 2 aromatic rings. The van der Waals surface area contributed by atoms with Crippen molar-refractivity contribution in [1.29, 1.82) is 0 Å². The number of benzene rings is 1. The van der Waals surface area contributed by atoms with Gasteiger partial charge in [-0.25, -0.2) is 0 Å². The summed E-state index contributed by atoms with van der Waals surface area (Å²) in [6, 6.07) is 10.4. The van der Waals surface area contributed by atoms with Crippen molar-refractivity contribution in [2.24, 2.45) is 0 Å². The summed E-state index contributed by atoms with van der Waals surface area (Å²) in [4.78, 5) is 0. The zero-order chi connectivity index (χ0) is 9.97. The van der Waals surface area contributed by atoms with E-state index in [-0.39, 0.29) is 0 Å². The lowest BCUT2D eigenvalue weighted by atomic mass is 10.2. The summed E-state index contributed by atoms with van der Waals surface area (Å²) in [6.45, 7) is 8.69. The maximum absolute atomic E-state index is 3.90. The summed E-state index contributed by atoms with van der Waals surface area (Å²) in [7, 11) is 0. The Balaban J connectivity index is 2.19. The fraction of sp³-hybridized carbons (Fsp3) is 0.0769. The van der Waals surface area contributed by atoms with E-state index in [9.17, 15) is 0 Å². The Morgan fingerprint density at radius 3 is 2.07 bits per heavy atom. The summed E-state index contributed by atoms with van der Waals surface area (Å²) in [6.07, 6.45) is 4.05. The molecule has 0 aliphatic heterocycles. The van der Waals surface area contributed by atoms with Crippen LogP contribution in [0.15, 0.2) is 42.7 Å². The van der Waals surface area contributed by atoms with E-state index in [2.05, 4.69) is 42.7 Å². The highest BCUT2D eigenvalue weighted by Gasteiger charge is 1.98. The smallest absolute Gasteiger partial charge is 0.0470 e. The van der Waals surface area contributed by atoms with Crippen molar-refractivity contribution < 1.29 is 0 Å². The third-order valence-corrected chi connectivity index (χ3v) is 2.26. The van der Waals surface area contributed by atoms with Crippen molar-refractivity contribution in [1.82, 2.24) is 4.57 Å². The molecule has 2 rings (SSSR count). The maximum Gasteiger partial charge on any atom is 0.0470 e. The van der Waals surface area contributed by atoms with Gasteiger partial charge in [-0.3, -0.25) is 0 Å². The predicted molar refractivity (Wildman–Crippen MR) is 58.9 cm³/mol. The van der Waals surface area contributed by atoms with Gasteiger partial charge in [0.2, 0.25) is 0 Å². The molecule has 0 aliphatic carbocycles. The molecular weight excluding hydrogens is 170 g/mol. The summed E-state index contributed by atoms with van der Waals surface area (Å²) in [5.74, 6) is 0. The molecule has 70 valence electrons. The van der Waals surface area contributed by atoms with Gasteiger partial charge >= 0.3 is 0 Å². The molecule has 1 heteroatoms. The topological polar surface area (TPSA) is 4.93 Å². The fourth-order valence-corrected chi connectivity index (χ4v) is 1.49. The van der Waals surface area contributed by atoms with Gasteiger partial charge < -0.3 is 4.57 Å². The standard InChI is InChI=1S/C13H13N/c1-11-8-14(9-12(11)2)10-13-6-4-3-5-7-13/h3-9H,1-2,10H2. The summed E-state index contributed by atoms with van der Waals surface area (Å²) >= 11 is 0. The second-order valence-electron chi connectivity index (χ2n) is 3.47. The average molecular weight is 183 g/mol. The zero-order valence-electron chi connectivity index (χ0n) is 8.11. The molecular formula is C13H13N. The average Bonchev–Trinajstić information content (AvgIpc) is 2.47. The SMILES string of the molecule is [CH2]c1cn(Cc2ccccc2)cc1[CH2]. The van der Waals surface area contributed by atoms with E-state index in [1.54, 1.807) is 0 Å². The predicted octanol–water partition coefficient (Wildman–Crippen LogP) is 2.90. The van der Waals surface area contributed by atoms with Crippen LogP contribution in [0.1, 0.15) is 16.7 Å². The first kappa shape index (κ1) is 9.07. The van der Waals surface area contributed by atoms with Crippen LogP contribution in [0.4, 0.5) is 0 Å². The normalized spacial score (nSPS) is 10.4. The van der Waals surface area contributed by atoms with E-state index < -0.39 is 0 Å². The van der Waals surface area contributed by atoms with Crippen molar-refractivity contribution in [3.05, 3.63) is 73.3 Å². The van der Waals surface area contributed by atoms with Crippen molar-refractivity contribution in [2.75, 3.05) is 0 Å². The van der Waals surface area contributed by atoms with Crippen LogP contribution in [0.2, 0.25) is 0 Å². The Hall–Kier alpha value is -1.50. The minimum absolute atomic E-state index is 0.888. The molecule has 1 aromatic heterocycles. The minimum Gasteiger partial charge on any atom is -0.349 e. The van der Waals surface area contributed by atoms with Crippen LogP contribution in [0.25, 0.3) is 0 Å².